The molecule has 2 aromatic rings. The SMILES string of the molecule is Cc1ccc(S(=O)(=O)C(Sc2ccccc2)=S=NC(C)(C)C)cc1. The fourth-order valence-corrected chi connectivity index (χ4v) is 5.57. The molecule has 128 valence electrons. The number of nitrogens with zero attached hydrogens (tertiary/aromatic N) is 1. The van der Waals surface area contributed by atoms with E-state index in [2.05, 4.69) is 4.36 Å². The van der Waals surface area contributed by atoms with Gasteiger partial charge in [-0.1, -0.05) is 47.7 Å². The first kappa shape index (κ1) is 19.0. The Hall–Kier alpha value is -1.37. The van der Waals surface area contributed by atoms with Gasteiger partial charge in [0.2, 0.25) is 9.84 Å². The van der Waals surface area contributed by atoms with E-state index in [1.54, 1.807) is 12.1 Å². The van der Waals surface area contributed by atoms with Gasteiger partial charge in [0, 0.05) is 4.90 Å². The van der Waals surface area contributed by atoms with Gasteiger partial charge in [0.15, 0.2) is 3.53 Å². The summed E-state index contributed by atoms with van der Waals surface area (Å²) in [6.07, 6.45) is 0. The Morgan fingerprint density at radius 3 is 2.08 bits per heavy atom. The number of thioether (sulfide) groups is 1. The van der Waals surface area contributed by atoms with Crippen LogP contribution in [0.3, 0.4) is 0 Å². The van der Waals surface area contributed by atoms with Crippen molar-refractivity contribution in [3.05, 3.63) is 60.2 Å². The summed E-state index contributed by atoms with van der Waals surface area (Å²) in [5, 5.41) is 0. The molecule has 2 aromatic carbocycles. The van der Waals surface area contributed by atoms with Crippen molar-refractivity contribution in [3.8, 4) is 0 Å². The number of sulfone groups is 1. The highest BCUT2D eigenvalue weighted by Crippen LogP contribution is 2.26. The van der Waals surface area contributed by atoms with Crippen LogP contribution in [0.1, 0.15) is 26.3 Å². The molecule has 0 aromatic heterocycles. The van der Waals surface area contributed by atoms with E-state index in [0.29, 0.717) is 4.90 Å². The lowest BCUT2D eigenvalue weighted by Crippen LogP contribution is -2.13. The van der Waals surface area contributed by atoms with Crippen molar-refractivity contribution < 1.29 is 8.42 Å². The van der Waals surface area contributed by atoms with E-state index in [1.165, 1.54) is 11.8 Å². The minimum absolute atomic E-state index is 0.271. The minimum atomic E-state index is -3.59. The van der Waals surface area contributed by atoms with Crippen LogP contribution in [0.4, 0.5) is 0 Å². The number of rotatable bonds is 2. The molecule has 24 heavy (non-hydrogen) atoms. The van der Waals surface area contributed by atoms with E-state index in [-0.39, 0.29) is 9.07 Å². The quantitative estimate of drug-likeness (QED) is 0.560. The molecule has 0 fully saturated rings. The maximum absolute atomic E-state index is 13.0. The highest BCUT2D eigenvalue weighted by Gasteiger charge is 2.23. The van der Waals surface area contributed by atoms with E-state index in [1.807, 2.05) is 70.2 Å². The second kappa shape index (κ2) is 7.68. The highest BCUT2D eigenvalue weighted by atomic mass is 32.3. The van der Waals surface area contributed by atoms with Crippen molar-refractivity contribution in [1.29, 1.82) is 0 Å². The molecule has 0 aliphatic rings. The van der Waals surface area contributed by atoms with Crippen molar-refractivity contribution in [3.63, 3.8) is 0 Å². The van der Waals surface area contributed by atoms with E-state index in [0.717, 1.165) is 21.6 Å². The average Bonchev–Trinajstić information content (AvgIpc) is 2.52. The Labute approximate surface area is 152 Å². The smallest absolute Gasteiger partial charge is 0.223 e. The molecule has 6 heteroatoms. The van der Waals surface area contributed by atoms with Crippen LogP contribution in [0.2, 0.25) is 0 Å². The number of aryl methyl sites for hydroxylation is 1. The minimum Gasteiger partial charge on any atom is -0.223 e. The second-order valence-electron chi connectivity index (χ2n) is 6.33. The number of hydrogen-bond acceptors (Lipinski definition) is 4. The Bertz CT molecular complexity index is 859. The van der Waals surface area contributed by atoms with Gasteiger partial charge in [0.1, 0.15) is 0 Å². The molecule has 0 radical (unpaired) electrons. The van der Waals surface area contributed by atoms with E-state index < -0.39 is 9.84 Å². The van der Waals surface area contributed by atoms with Crippen LogP contribution in [-0.2, 0) is 21.0 Å². The molecule has 0 unspecified atom stereocenters. The van der Waals surface area contributed by atoms with E-state index in [4.69, 9.17) is 0 Å². The lowest BCUT2D eigenvalue weighted by molar-refractivity contribution is 0.594. The maximum atomic E-state index is 13.0. The zero-order valence-corrected chi connectivity index (χ0v) is 16.6. The first-order chi connectivity index (χ1) is 11.2. The molecule has 0 aliphatic heterocycles. The molecule has 0 saturated heterocycles. The summed E-state index contributed by atoms with van der Waals surface area (Å²) in [6.45, 7) is 7.78. The van der Waals surface area contributed by atoms with Crippen LogP contribution < -0.4 is 0 Å². The Morgan fingerprint density at radius 2 is 1.54 bits per heavy atom. The summed E-state index contributed by atoms with van der Waals surface area (Å²) >= 11 is 2.28. The van der Waals surface area contributed by atoms with Crippen molar-refractivity contribution in [2.75, 3.05) is 0 Å². The summed E-state index contributed by atoms with van der Waals surface area (Å²) < 4.78 is 30.8. The van der Waals surface area contributed by atoms with Gasteiger partial charge in [-0.25, -0.2) is 12.8 Å². The summed E-state index contributed by atoms with van der Waals surface area (Å²) in [5.74, 6) is 0. The standard InChI is InChI=1S/C18H21NO2S3/c1-14-10-12-16(13-11-14)24(20,21)17(23-19-18(2,3)4)22-15-8-6-5-7-9-15/h5-13H,1-4H3. The maximum Gasteiger partial charge on any atom is 0.223 e. The van der Waals surface area contributed by atoms with E-state index in [9.17, 15) is 8.42 Å². The van der Waals surface area contributed by atoms with Crippen molar-refractivity contribution in [2.45, 2.75) is 43.0 Å². The third kappa shape index (κ3) is 5.33. The van der Waals surface area contributed by atoms with Gasteiger partial charge in [-0.05, 0) is 63.1 Å². The largest absolute Gasteiger partial charge is 0.223 e. The van der Waals surface area contributed by atoms with Gasteiger partial charge in [-0.2, -0.15) is 0 Å². The molecule has 0 N–H and O–H groups in total. The monoisotopic (exact) mass is 379 g/mol. The van der Waals surface area contributed by atoms with Crippen molar-refractivity contribution in [1.82, 2.24) is 0 Å². The molecular weight excluding hydrogens is 358 g/mol. The van der Waals surface area contributed by atoms with E-state index >= 15 is 0 Å². The first-order valence-corrected chi connectivity index (χ1v) is 10.6. The summed E-state index contributed by atoms with van der Waals surface area (Å²) in [6, 6.07) is 16.4. The summed E-state index contributed by atoms with van der Waals surface area (Å²) in [7, 11) is -3.59. The van der Waals surface area contributed by atoms with Gasteiger partial charge in [-0.15, -0.1) is 0 Å². The van der Waals surface area contributed by atoms with Gasteiger partial charge < -0.3 is 0 Å². The van der Waals surface area contributed by atoms with Gasteiger partial charge in [0.05, 0.1) is 10.4 Å². The molecule has 3 nitrogen and oxygen atoms in total. The van der Waals surface area contributed by atoms with Crippen LogP contribution in [-0.4, -0.2) is 17.5 Å². The van der Waals surface area contributed by atoms with Crippen molar-refractivity contribution >= 4 is 36.3 Å². The van der Waals surface area contributed by atoms with Crippen LogP contribution in [0, 0.1) is 6.92 Å². The van der Waals surface area contributed by atoms with Crippen LogP contribution in [0.5, 0.6) is 0 Å². The molecule has 0 amide bonds. The fraction of sp³-hybridized carbons (Fsp3) is 0.278. The predicted octanol–water partition coefficient (Wildman–Crippen LogP) is 4.71. The first-order valence-electron chi connectivity index (χ1n) is 7.49. The molecule has 0 atom stereocenters. The molecule has 0 saturated carbocycles. The average molecular weight is 380 g/mol. The topological polar surface area (TPSA) is 46.5 Å². The Balaban J connectivity index is 2.53. The predicted molar refractivity (Wildman–Crippen MR) is 105 cm³/mol. The lowest BCUT2D eigenvalue weighted by atomic mass is 10.1. The van der Waals surface area contributed by atoms with Gasteiger partial charge in [-0.3, -0.25) is 0 Å². The second-order valence-corrected chi connectivity index (χ2v) is 10.9. The van der Waals surface area contributed by atoms with Gasteiger partial charge in [0.25, 0.3) is 0 Å². The van der Waals surface area contributed by atoms with Gasteiger partial charge >= 0.3 is 0 Å². The Kier molecular flexibility index (Phi) is 6.06. The normalized spacial score (nSPS) is 11.8. The summed E-state index contributed by atoms with van der Waals surface area (Å²) in [5.41, 5.74) is 0.703. The number of hydrogen-bond donors (Lipinski definition) is 0. The Morgan fingerprint density at radius 1 is 0.958 bits per heavy atom. The molecule has 0 heterocycles. The molecule has 2 rings (SSSR count). The lowest BCUT2D eigenvalue weighted by Gasteiger charge is -2.10. The molecule has 0 bridgehead atoms. The van der Waals surface area contributed by atoms with Crippen LogP contribution in [0.25, 0.3) is 0 Å². The number of benzene rings is 2. The molecule has 0 aliphatic carbocycles. The van der Waals surface area contributed by atoms with Crippen LogP contribution >= 0.6 is 11.8 Å². The van der Waals surface area contributed by atoms with Crippen molar-refractivity contribution in [2.24, 2.45) is 4.36 Å². The molecule has 0 spiro atoms. The third-order valence-electron chi connectivity index (χ3n) is 2.89. The highest BCUT2D eigenvalue weighted by molar-refractivity contribution is 8.42. The fourth-order valence-electron chi connectivity index (χ4n) is 1.70. The molecular formula is C18H21NO2S3. The van der Waals surface area contributed by atoms with Crippen LogP contribution in [0.15, 0.2) is 68.8 Å². The zero-order chi connectivity index (χ0) is 17.8. The summed E-state index contributed by atoms with van der Waals surface area (Å²) in [4.78, 5) is 1.17. The zero-order valence-electron chi connectivity index (χ0n) is 14.2. The third-order valence-corrected chi connectivity index (χ3v) is 7.95.